The fourth-order valence-electron chi connectivity index (χ4n) is 3.07. The van der Waals surface area contributed by atoms with Crippen LogP contribution in [0.4, 0.5) is 0 Å². The summed E-state index contributed by atoms with van der Waals surface area (Å²) in [5, 5.41) is 3.06. The zero-order valence-corrected chi connectivity index (χ0v) is 16.1. The number of rotatable bonds is 6. The zero-order chi connectivity index (χ0) is 19.3. The lowest BCUT2D eigenvalue weighted by Gasteiger charge is -2.31. The van der Waals surface area contributed by atoms with Crippen LogP contribution >= 0.6 is 0 Å². The Kier molecular flexibility index (Phi) is 6.26. The first-order valence-corrected chi connectivity index (χ1v) is 10.8. The average Bonchev–Trinajstić information content (AvgIpc) is 2.68. The normalized spacial score (nSPS) is 16.6. The van der Waals surface area contributed by atoms with Crippen molar-refractivity contribution < 1.29 is 17.9 Å². The predicted molar refractivity (Wildman–Crippen MR) is 103 cm³/mol. The number of benzene rings is 2. The highest BCUT2D eigenvalue weighted by atomic mass is 32.2. The van der Waals surface area contributed by atoms with Crippen molar-refractivity contribution >= 4 is 15.7 Å². The number of carbonyl (C=O) groups excluding carboxylic acids is 1. The van der Waals surface area contributed by atoms with E-state index in [2.05, 4.69) is 10.2 Å². The van der Waals surface area contributed by atoms with E-state index < -0.39 is 9.84 Å². The summed E-state index contributed by atoms with van der Waals surface area (Å²) in [7, 11) is -3.36. The molecule has 1 heterocycles. The second-order valence-corrected chi connectivity index (χ2v) is 8.67. The summed E-state index contributed by atoms with van der Waals surface area (Å²) in [6, 6.07) is 15.7. The van der Waals surface area contributed by atoms with Gasteiger partial charge in [-0.15, -0.1) is 0 Å². The van der Waals surface area contributed by atoms with Gasteiger partial charge in [-0.05, 0) is 23.8 Å². The van der Waals surface area contributed by atoms with Gasteiger partial charge in [0.15, 0.2) is 9.84 Å². The van der Waals surface area contributed by atoms with Gasteiger partial charge >= 0.3 is 0 Å². The standard InChI is InChI=1S/C20H24N2O4S/c1-27(24,25)18-9-5-8-17(14-18)20(23)21-19(16-6-3-2-4-7-16)15-22-10-12-26-13-11-22/h2-9,14,19H,10-13,15H2,1H3,(H,21,23). The molecular formula is C20H24N2O4S. The Morgan fingerprint density at radius 3 is 2.48 bits per heavy atom. The summed E-state index contributed by atoms with van der Waals surface area (Å²) < 4.78 is 28.9. The summed E-state index contributed by atoms with van der Waals surface area (Å²) in [6.07, 6.45) is 1.13. The number of sulfone groups is 1. The molecule has 0 aromatic heterocycles. The summed E-state index contributed by atoms with van der Waals surface area (Å²) >= 11 is 0. The molecule has 0 spiro atoms. The molecule has 6 nitrogen and oxygen atoms in total. The monoisotopic (exact) mass is 388 g/mol. The molecule has 1 saturated heterocycles. The van der Waals surface area contributed by atoms with Gasteiger partial charge in [-0.2, -0.15) is 0 Å². The van der Waals surface area contributed by atoms with Gasteiger partial charge in [0, 0.05) is 31.5 Å². The van der Waals surface area contributed by atoms with Gasteiger partial charge in [0.2, 0.25) is 0 Å². The van der Waals surface area contributed by atoms with E-state index in [1.807, 2.05) is 30.3 Å². The molecule has 2 aromatic carbocycles. The van der Waals surface area contributed by atoms with Crippen molar-refractivity contribution in [1.29, 1.82) is 0 Å². The first-order valence-electron chi connectivity index (χ1n) is 8.89. The lowest BCUT2D eigenvalue weighted by molar-refractivity contribution is 0.0332. The summed E-state index contributed by atoms with van der Waals surface area (Å²) in [5.41, 5.74) is 1.34. The Labute approximate surface area is 160 Å². The van der Waals surface area contributed by atoms with E-state index in [1.54, 1.807) is 12.1 Å². The molecule has 1 fully saturated rings. The van der Waals surface area contributed by atoms with E-state index in [1.165, 1.54) is 12.1 Å². The van der Waals surface area contributed by atoms with Crippen molar-refractivity contribution in [3.8, 4) is 0 Å². The lowest BCUT2D eigenvalue weighted by atomic mass is 10.1. The fraction of sp³-hybridized carbons (Fsp3) is 0.350. The molecule has 0 bridgehead atoms. The van der Waals surface area contributed by atoms with E-state index in [0.29, 0.717) is 25.3 Å². The summed E-state index contributed by atoms with van der Waals surface area (Å²) in [5.74, 6) is -0.289. The second kappa shape index (κ2) is 8.65. The van der Waals surface area contributed by atoms with Gasteiger partial charge in [-0.3, -0.25) is 9.69 Å². The van der Waals surface area contributed by atoms with Gasteiger partial charge in [0.1, 0.15) is 0 Å². The maximum Gasteiger partial charge on any atom is 0.251 e. The Morgan fingerprint density at radius 1 is 1.11 bits per heavy atom. The number of hydrogen-bond acceptors (Lipinski definition) is 5. The highest BCUT2D eigenvalue weighted by Crippen LogP contribution is 2.17. The van der Waals surface area contributed by atoms with Gasteiger partial charge < -0.3 is 10.1 Å². The second-order valence-electron chi connectivity index (χ2n) is 6.65. The Bertz CT molecular complexity index is 878. The van der Waals surface area contributed by atoms with Crippen LogP contribution in [-0.4, -0.2) is 58.3 Å². The topological polar surface area (TPSA) is 75.7 Å². The largest absolute Gasteiger partial charge is 0.379 e. The minimum Gasteiger partial charge on any atom is -0.379 e. The summed E-state index contributed by atoms with van der Waals surface area (Å²) in [6.45, 7) is 3.69. The van der Waals surface area contributed by atoms with Crippen molar-refractivity contribution in [3.63, 3.8) is 0 Å². The van der Waals surface area contributed by atoms with E-state index in [-0.39, 0.29) is 16.8 Å². The summed E-state index contributed by atoms with van der Waals surface area (Å²) in [4.78, 5) is 15.2. The number of nitrogens with one attached hydrogen (secondary N) is 1. The molecule has 7 heteroatoms. The molecule has 144 valence electrons. The highest BCUT2D eigenvalue weighted by Gasteiger charge is 2.21. The molecule has 0 radical (unpaired) electrons. The van der Waals surface area contributed by atoms with Crippen LogP contribution in [0.2, 0.25) is 0 Å². The molecule has 0 saturated carbocycles. The van der Waals surface area contributed by atoms with Crippen molar-refractivity contribution in [3.05, 3.63) is 65.7 Å². The number of hydrogen-bond donors (Lipinski definition) is 1. The van der Waals surface area contributed by atoms with Crippen molar-refractivity contribution in [2.24, 2.45) is 0 Å². The molecule has 1 unspecified atom stereocenters. The van der Waals surface area contributed by atoms with Crippen molar-refractivity contribution in [2.45, 2.75) is 10.9 Å². The van der Waals surface area contributed by atoms with E-state index in [0.717, 1.165) is 24.9 Å². The lowest BCUT2D eigenvalue weighted by Crippen LogP contribution is -2.43. The van der Waals surface area contributed by atoms with Crippen LogP contribution in [0, 0.1) is 0 Å². The van der Waals surface area contributed by atoms with Crippen LogP contribution in [0.5, 0.6) is 0 Å². The van der Waals surface area contributed by atoms with Crippen LogP contribution in [0.15, 0.2) is 59.5 Å². The third kappa shape index (κ3) is 5.38. The molecule has 2 aromatic rings. The SMILES string of the molecule is CS(=O)(=O)c1cccc(C(=O)NC(CN2CCOCC2)c2ccccc2)c1. The third-order valence-corrected chi connectivity index (χ3v) is 5.69. The Balaban J connectivity index is 1.80. The van der Waals surface area contributed by atoms with Crippen LogP contribution in [0.1, 0.15) is 22.0 Å². The van der Waals surface area contributed by atoms with E-state index in [9.17, 15) is 13.2 Å². The molecule has 1 aliphatic heterocycles. The molecule has 1 N–H and O–H groups in total. The smallest absolute Gasteiger partial charge is 0.251 e. The first-order chi connectivity index (χ1) is 12.9. The number of carbonyl (C=O) groups is 1. The maximum absolute atomic E-state index is 12.8. The number of amides is 1. The van der Waals surface area contributed by atoms with Crippen molar-refractivity contribution in [1.82, 2.24) is 10.2 Å². The molecule has 0 aliphatic carbocycles. The molecule has 3 rings (SSSR count). The Hall–Kier alpha value is -2.22. The zero-order valence-electron chi connectivity index (χ0n) is 15.3. The first kappa shape index (κ1) is 19.5. The van der Waals surface area contributed by atoms with Crippen LogP contribution in [0.3, 0.4) is 0 Å². The van der Waals surface area contributed by atoms with Gasteiger partial charge in [0.25, 0.3) is 5.91 Å². The Morgan fingerprint density at radius 2 is 1.81 bits per heavy atom. The van der Waals surface area contributed by atoms with E-state index >= 15 is 0 Å². The molecular weight excluding hydrogens is 364 g/mol. The van der Waals surface area contributed by atoms with Crippen LogP contribution < -0.4 is 5.32 Å². The van der Waals surface area contributed by atoms with E-state index in [4.69, 9.17) is 4.74 Å². The highest BCUT2D eigenvalue weighted by molar-refractivity contribution is 7.90. The van der Waals surface area contributed by atoms with Gasteiger partial charge in [-0.1, -0.05) is 36.4 Å². The van der Waals surface area contributed by atoms with Crippen LogP contribution in [-0.2, 0) is 14.6 Å². The molecule has 1 amide bonds. The molecule has 1 aliphatic rings. The predicted octanol–water partition coefficient (Wildman–Crippen LogP) is 1.89. The molecule has 1 atom stereocenters. The average molecular weight is 388 g/mol. The van der Waals surface area contributed by atoms with Gasteiger partial charge in [-0.25, -0.2) is 8.42 Å². The number of morpholine rings is 1. The number of ether oxygens (including phenoxy) is 1. The fourth-order valence-corrected chi connectivity index (χ4v) is 3.74. The minimum absolute atomic E-state index is 0.139. The third-order valence-electron chi connectivity index (χ3n) is 4.58. The number of nitrogens with zero attached hydrogens (tertiary/aromatic N) is 1. The minimum atomic E-state index is -3.36. The van der Waals surface area contributed by atoms with Gasteiger partial charge in [0.05, 0.1) is 24.2 Å². The maximum atomic E-state index is 12.8. The van der Waals surface area contributed by atoms with Crippen molar-refractivity contribution in [2.75, 3.05) is 39.1 Å². The van der Waals surface area contributed by atoms with Crippen LogP contribution in [0.25, 0.3) is 0 Å². The molecule has 27 heavy (non-hydrogen) atoms. The quantitative estimate of drug-likeness (QED) is 0.818.